The Balaban J connectivity index is 2.41. The van der Waals surface area contributed by atoms with Gasteiger partial charge in [0.2, 0.25) is 0 Å². The first-order valence-electron chi connectivity index (χ1n) is 5.53. The summed E-state index contributed by atoms with van der Waals surface area (Å²) >= 11 is 11.7. The molecular weight excluding hydrogens is 321 g/mol. The van der Waals surface area contributed by atoms with E-state index in [2.05, 4.69) is 0 Å². The molecule has 0 unspecified atom stereocenters. The van der Waals surface area contributed by atoms with Gasteiger partial charge in [-0.25, -0.2) is 4.79 Å². The molecule has 2 rings (SSSR count). The number of hydrogen-bond donors (Lipinski definition) is 1. The van der Waals surface area contributed by atoms with E-state index in [0.717, 1.165) is 12.1 Å². The molecular formula is C13H7Cl2NO5. The Bertz CT molecular complexity index is 732. The van der Waals surface area contributed by atoms with Crippen molar-refractivity contribution in [3.05, 3.63) is 62.1 Å². The van der Waals surface area contributed by atoms with E-state index < -0.39 is 22.1 Å². The average Bonchev–Trinajstić information content (AvgIpc) is 2.42. The second-order valence-electron chi connectivity index (χ2n) is 3.92. The summed E-state index contributed by atoms with van der Waals surface area (Å²) in [5.41, 5.74) is -0.998. The molecule has 108 valence electrons. The van der Waals surface area contributed by atoms with E-state index in [1.54, 1.807) is 6.07 Å². The van der Waals surface area contributed by atoms with Crippen molar-refractivity contribution in [3.8, 4) is 11.5 Å². The SMILES string of the molecule is O=C(O)c1ccc(Oc2cc(Cl)ccc2Cl)cc1[N+](=O)[O-]. The lowest BCUT2D eigenvalue weighted by Gasteiger charge is -2.08. The van der Waals surface area contributed by atoms with Gasteiger partial charge in [-0.2, -0.15) is 0 Å². The summed E-state index contributed by atoms with van der Waals surface area (Å²) in [6.07, 6.45) is 0. The van der Waals surface area contributed by atoms with Crippen LogP contribution in [-0.4, -0.2) is 16.0 Å². The van der Waals surface area contributed by atoms with Gasteiger partial charge in [-0.3, -0.25) is 10.1 Å². The Morgan fingerprint density at radius 3 is 2.52 bits per heavy atom. The minimum atomic E-state index is -1.39. The molecule has 0 aliphatic heterocycles. The van der Waals surface area contributed by atoms with E-state index in [1.807, 2.05) is 0 Å². The van der Waals surface area contributed by atoms with E-state index >= 15 is 0 Å². The molecule has 0 fully saturated rings. The summed E-state index contributed by atoms with van der Waals surface area (Å²) in [4.78, 5) is 21.0. The molecule has 0 heterocycles. The van der Waals surface area contributed by atoms with Crippen LogP contribution >= 0.6 is 23.2 Å². The highest BCUT2D eigenvalue weighted by Gasteiger charge is 2.21. The predicted octanol–water partition coefficient (Wildman–Crippen LogP) is 4.39. The number of carboxylic acid groups (broad SMARTS) is 1. The van der Waals surface area contributed by atoms with Crippen molar-refractivity contribution in [3.63, 3.8) is 0 Å². The smallest absolute Gasteiger partial charge is 0.342 e. The number of nitro groups is 1. The minimum absolute atomic E-state index is 0.0795. The van der Waals surface area contributed by atoms with Gasteiger partial charge in [0.15, 0.2) is 0 Å². The normalized spacial score (nSPS) is 10.2. The summed E-state index contributed by atoms with van der Waals surface area (Å²) in [5, 5.41) is 20.4. The van der Waals surface area contributed by atoms with Crippen LogP contribution < -0.4 is 4.74 Å². The predicted molar refractivity (Wildman–Crippen MR) is 76.6 cm³/mol. The number of nitro benzene ring substituents is 1. The van der Waals surface area contributed by atoms with Crippen LogP contribution in [0.4, 0.5) is 5.69 Å². The maximum absolute atomic E-state index is 10.9. The van der Waals surface area contributed by atoms with Crippen molar-refractivity contribution in [2.45, 2.75) is 0 Å². The summed E-state index contributed by atoms with van der Waals surface area (Å²) in [6, 6.07) is 7.93. The second-order valence-corrected chi connectivity index (χ2v) is 4.76. The third-order valence-electron chi connectivity index (χ3n) is 2.52. The quantitative estimate of drug-likeness (QED) is 0.664. The molecule has 0 aliphatic rings. The molecule has 0 saturated carbocycles. The van der Waals surface area contributed by atoms with Crippen molar-refractivity contribution in [1.29, 1.82) is 0 Å². The maximum atomic E-state index is 10.9. The number of benzene rings is 2. The lowest BCUT2D eigenvalue weighted by Crippen LogP contribution is -2.02. The van der Waals surface area contributed by atoms with Gasteiger partial charge in [0.05, 0.1) is 16.0 Å². The molecule has 0 aromatic heterocycles. The molecule has 0 atom stereocenters. The molecule has 0 bridgehead atoms. The first-order chi connectivity index (χ1) is 9.88. The van der Waals surface area contributed by atoms with Gasteiger partial charge in [-0.1, -0.05) is 23.2 Å². The van der Waals surface area contributed by atoms with Crippen LogP contribution in [0.5, 0.6) is 11.5 Å². The first kappa shape index (κ1) is 15.1. The number of carboxylic acids is 1. The Labute approximate surface area is 128 Å². The number of carbonyl (C=O) groups is 1. The number of hydrogen-bond acceptors (Lipinski definition) is 4. The zero-order valence-electron chi connectivity index (χ0n) is 10.2. The highest BCUT2D eigenvalue weighted by molar-refractivity contribution is 6.34. The number of nitrogens with zero attached hydrogens (tertiary/aromatic N) is 1. The third kappa shape index (κ3) is 3.42. The fourth-order valence-corrected chi connectivity index (χ4v) is 1.91. The molecule has 6 nitrogen and oxygen atoms in total. The number of halogens is 2. The van der Waals surface area contributed by atoms with E-state index in [9.17, 15) is 14.9 Å². The van der Waals surface area contributed by atoms with Crippen LogP contribution in [0.25, 0.3) is 0 Å². The van der Waals surface area contributed by atoms with Crippen molar-refractivity contribution in [2.75, 3.05) is 0 Å². The monoisotopic (exact) mass is 327 g/mol. The molecule has 0 aliphatic carbocycles. The topological polar surface area (TPSA) is 89.7 Å². The molecule has 0 radical (unpaired) electrons. The summed E-state index contributed by atoms with van der Waals surface area (Å²) in [5.74, 6) is -1.11. The average molecular weight is 328 g/mol. The van der Waals surface area contributed by atoms with Crippen LogP contribution in [0.15, 0.2) is 36.4 Å². The Kier molecular flexibility index (Phi) is 4.30. The lowest BCUT2D eigenvalue weighted by atomic mass is 10.1. The lowest BCUT2D eigenvalue weighted by molar-refractivity contribution is -0.385. The molecule has 21 heavy (non-hydrogen) atoms. The third-order valence-corrected chi connectivity index (χ3v) is 3.06. The molecule has 1 N–H and O–H groups in total. The second kappa shape index (κ2) is 5.99. The summed E-state index contributed by atoms with van der Waals surface area (Å²) in [6.45, 7) is 0. The maximum Gasteiger partial charge on any atom is 0.342 e. The van der Waals surface area contributed by atoms with Crippen LogP contribution in [0.3, 0.4) is 0 Å². The Morgan fingerprint density at radius 1 is 1.19 bits per heavy atom. The van der Waals surface area contributed by atoms with Crippen LogP contribution in [0.1, 0.15) is 10.4 Å². The number of ether oxygens (including phenoxy) is 1. The van der Waals surface area contributed by atoms with E-state index in [0.29, 0.717) is 5.02 Å². The van der Waals surface area contributed by atoms with E-state index in [-0.39, 0.29) is 16.5 Å². The van der Waals surface area contributed by atoms with Crippen LogP contribution in [-0.2, 0) is 0 Å². The Morgan fingerprint density at radius 2 is 1.90 bits per heavy atom. The number of aromatic carboxylic acids is 1. The standard InChI is InChI=1S/C13H7Cl2NO5/c14-7-1-4-10(15)12(5-7)21-8-2-3-9(13(17)18)11(6-8)16(19)20/h1-6H,(H,17,18). The van der Waals surface area contributed by atoms with Gasteiger partial charge in [-0.15, -0.1) is 0 Å². The van der Waals surface area contributed by atoms with Gasteiger partial charge in [-0.05, 0) is 24.3 Å². The van der Waals surface area contributed by atoms with Gasteiger partial charge in [0.25, 0.3) is 5.69 Å². The fraction of sp³-hybridized carbons (Fsp3) is 0. The highest BCUT2D eigenvalue weighted by atomic mass is 35.5. The summed E-state index contributed by atoms with van der Waals surface area (Å²) in [7, 11) is 0. The molecule has 0 amide bonds. The zero-order chi connectivity index (χ0) is 15.6. The van der Waals surface area contributed by atoms with Crippen LogP contribution in [0, 0.1) is 10.1 Å². The Hall–Kier alpha value is -2.31. The molecule has 8 heteroatoms. The van der Waals surface area contributed by atoms with Gasteiger partial charge >= 0.3 is 5.97 Å². The molecule has 2 aromatic carbocycles. The van der Waals surface area contributed by atoms with Crippen molar-refractivity contribution in [1.82, 2.24) is 0 Å². The van der Waals surface area contributed by atoms with Gasteiger partial charge in [0, 0.05) is 11.1 Å². The summed E-state index contributed by atoms with van der Waals surface area (Å²) < 4.78 is 5.40. The van der Waals surface area contributed by atoms with Gasteiger partial charge < -0.3 is 9.84 Å². The zero-order valence-corrected chi connectivity index (χ0v) is 11.8. The molecule has 0 saturated heterocycles. The van der Waals surface area contributed by atoms with Crippen LogP contribution in [0.2, 0.25) is 10.0 Å². The highest BCUT2D eigenvalue weighted by Crippen LogP contribution is 2.34. The van der Waals surface area contributed by atoms with Gasteiger partial charge in [0.1, 0.15) is 17.1 Å². The molecule has 2 aromatic rings. The van der Waals surface area contributed by atoms with Crippen molar-refractivity contribution < 1.29 is 19.6 Å². The fourth-order valence-electron chi connectivity index (χ4n) is 1.59. The van der Waals surface area contributed by atoms with Crippen molar-refractivity contribution >= 4 is 34.9 Å². The van der Waals surface area contributed by atoms with E-state index in [1.165, 1.54) is 18.2 Å². The first-order valence-corrected chi connectivity index (χ1v) is 6.28. The van der Waals surface area contributed by atoms with Crippen molar-refractivity contribution in [2.24, 2.45) is 0 Å². The largest absolute Gasteiger partial charge is 0.477 e. The minimum Gasteiger partial charge on any atom is -0.477 e. The van der Waals surface area contributed by atoms with E-state index in [4.69, 9.17) is 33.0 Å². The number of rotatable bonds is 4. The molecule has 0 spiro atoms.